The van der Waals surface area contributed by atoms with Crippen LogP contribution in [0.2, 0.25) is 0 Å². The lowest BCUT2D eigenvalue weighted by Crippen LogP contribution is -2.32. The van der Waals surface area contributed by atoms with Crippen molar-refractivity contribution in [2.45, 2.75) is 39.3 Å². The van der Waals surface area contributed by atoms with Crippen LogP contribution in [0.5, 0.6) is 0 Å². The standard InChI is InChI=1S/C14H23N3/c1-4-12-5-7-13(8-6-12)10-17(3)11(2)9-14(15)16/h5-8,11H,4,9-10H2,1-3H3,(H3,15,16). The van der Waals surface area contributed by atoms with Gasteiger partial charge in [0.25, 0.3) is 0 Å². The maximum absolute atomic E-state index is 7.30. The van der Waals surface area contributed by atoms with Gasteiger partial charge in [0.1, 0.15) is 0 Å². The first-order chi connectivity index (χ1) is 8.02. The number of benzene rings is 1. The van der Waals surface area contributed by atoms with Gasteiger partial charge in [-0.05, 0) is 31.5 Å². The van der Waals surface area contributed by atoms with E-state index in [1.54, 1.807) is 0 Å². The molecule has 0 bridgehead atoms. The van der Waals surface area contributed by atoms with Gasteiger partial charge in [-0.15, -0.1) is 0 Å². The second-order valence-corrected chi connectivity index (χ2v) is 4.66. The molecule has 1 rings (SSSR count). The molecular weight excluding hydrogens is 210 g/mol. The van der Waals surface area contributed by atoms with Crippen molar-refractivity contribution < 1.29 is 0 Å². The van der Waals surface area contributed by atoms with Crippen molar-refractivity contribution in [3.05, 3.63) is 35.4 Å². The molecule has 3 N–H and O–H groups in total. The highest BCUT2D eigenvalue weighted by Crippen LogP contribution is 2.10. The monoisotopic (exact) mass is 233 g/mol. The van der Waals surface area contributed by atoms with E-state index in [0.29, 0.717) is 12.5 Å². The second-order valence-electron chi connectivity index (χ2n) is 4.66. The van der Waals surface area contributed by atoms with Crippen LogP contribution in [-0.2, 0) is 13.0 Å². The molecule has 0 spiro atoms. The Morgan fingerprint density at radius 2 is 1.82 bits per heavy atom. The van der Waals surface area contributed by atoms with Gasteiger partial charge < -0.3 is 5.73 Å². The molecule has 0 aliphatic rings. The maximum Gasteiger partial charge on any atom is 0.0920 e. The topological polar surface area (TPSA) is 53.1 Å². The zero-order valence-electron chi connectivity index (χ0n) is 11.0. The van der Waals surface area contributed by atoms with Crippen LogP contribution in [-0.4, -0.2) is 23.8 Å². The molecule has 94 valence electrons. The summed E-state index contributed by atoms with van der Waals surface area (Å²) < 4.78 is 0. The molecule has 0 saturated heterocycles. The van der Waals surface area contributed by atoms with Crippen molar-refractivity contribution >= 4 is 5.84 Å². The highest BCUT2D eigenvalue weighted by molar-refractivity contribution is 5.77. The van der Waals surface area contributed by atoms with Gasteiger partial charge in [-0.2, -0.15) is 0 Å². The first kappa shape index (κ1) is 13.7. The summed E-state index contributed by atoms with van der Waals surface area (Å²) in [5, 5.41) is 7.30. The molecule has 3 heteroatoms. The lowest BCUT2D eigenvalue weighted by molar-refractivity contribution is 0.254. The fourth-order valence-corrected chi connectivity index (χ4v) is 1.80. The average Bonchev–Trinajstić information content (AvgIpc) is 2.29. The number of hydrogen-bond acceptors (Lipinski definition) is 2. The predicted octanol–water partition coefficient (Wildman–Crippen LogP) is 2.40. The van der Waals surface area contributed by atoms with Crippen LogP contribution in [0.15, 0.2) is 24.3 Å². The summed E-state index contributed by atoms with van der Waals surface area (Å²) in [5.41, 5.74) is 8.09. The smallest absolute Gasteiger partial charge is 0.0920 e. The lowest BCUT2D eigenvalue weighted by Gasteiger charge is -2.24. The van der Waals surface area contributed by atoms with Crippen LogP contribution < -0.4 is 5.73 Å². The Morgan fingerprint density at radius 3 is 2.29 bits per heavy atom. The Bertz CT molecular complexity index is 356. The van der Waals surface area contributed by atoms with Crippen molar-refractivity contribution in [2.75, 3.05) is 7.05 Å². The van der Waals surface area contributed by atoms with Crippen LogP contribution in [0.1, 0.15) is 31.4 Å². The molecular formula is C14H23N3. The van der Waals surface area contributed by atoms with E-state index in [9.17, 15) is 0 Å². The molecule has 0 aromatic heterocycles. The minimum atomic E-state index is 0.255. The van der Waals surface area contributed by atoms with E-state index in [1.165, 1.54) is 11.1 Å². The van der Waals surface area contributed by atoms with Crippen LogP contribution in [0.3, 0.4) is 0 Å². The third-order valence-corrected chi connectivity index (χ3v) is 3.13. The molecule has 17 heavy (non-hydrogen) atoms. The average molecular weight is 233 g/mol. The van der Waals surface area contributed by atoms with Gasteiger partial charge in [0.15, 0.2) is 0 Å². The minimum absolute atomic E-state index is 0.255. The van der Waals surface area contributed by atoms with E-state index >= 15 is 0 Å². The van der Waals surface area contributed by atoms with E-state index in [0.717, 1.165) is 13.0 Å². The van der Waals surface area contributed by atoms with Gasteiger partial charge >= 0.3 is 0 Å². The zero-order chi connectivity index (χ0) is 12.8. The van der Waals surface area contributed by atoms with Crippen LogP contribution in [0.25, 0.3) is 0 Å². The predicted molar refractivity (Wildman–Crippen MR) is 73.3 cm³/mol. The van der Waals surface area contributed by atoms with Gasteiger partial charge in [-0.3, -0.25) is 10.3 Å². The number of nitrogens with two attached hydrogens (primary N) is 1. The van der Waals surface area contributed by atoms with E-state index in [-0.39, 0.29) is 5.84 Å². The van der Waals surface area contributed by atoms with E-state index < -0.39 is 0 Å². The first-order valence-corrected chi connectivity index (χ1v) is 6.14. The maximum atomic E-state index is 7.30. The Labute approximate surface area is 104 Å². The third-order valence-electron chi connectivity index (χ3n) is 3.13. The summed E-state index contributed by atoms with van der Waals surface area (Å²) in [4.78, 5) is 2.22. The quantitative estimate of drug-likeness (QED) is 0.585. The molecule has 1 aromatic rings. The van der Waals surface area contributed by atoms with Crippen LogP contribution >= 0.6 is 0 Å². The molecule has 0 saturated carbocycles. The SMILES string of the molecule is CCc1ccc(CN(C)C(C)CC(=N)N)cc1. The summed E-state index contributed by atoms with van der Waals surface area (Å²) in [6.07, 6.45) is 1.71. The van der Waals surface area contributed by atoms with Crippen LogP contribution in [0.4, 0.5) is 0 Å². The van der Waals surface area contributed by atoms with Gasteiger partial charge in [0.2, 0.25) is 0 Å². The van der Waals surface area contributed by atoms with E-state index in [1.807, 2.05) is 0 Å². The zero-order valence-corrected chi connectivity index (χ0v) is 11.0. The van der Waals surface area contributed by atoms with Crippen molar-refractivity contribution in [1.82, 2.24) is 4.90 Å². The first-order valence-electron chi connectivity index (χ1n) is 6.14. The number of rotatable bonds is 6. The molecule has 0 heterocycles. The third kappa shape index (κ3) is 4.57. The molecule has 0 amide bonds. The molecule has 1 unspecified atom stereocenters. The lowest BCUT2D eigenvalue weighted by atomic mass is 10.1. The van der Waals surface area contributed by atoms with Gasteiger partial charge in [-0.25, -0.2) is 0 Å². The van der Waals surface area contributed by atoms with Gasteiger partial charge in [0, 0.05) is 19.0 Å². The molecule has 0 radical (unpaired) electrons. The molecule has 3 nitrogen and oxygen atoms in total. The highest BCUT2D eigenvalue weighted by atomic mass is 15.1. The van der Waals surface area contributed by atoms with Crippen molar-refractivity contribution in [3.8, 4) is 0 Å². The Morgan fingerprint density at radius 1 is 1.29 bits per heavy atom. The van der Waals surface area contributed by atoms with Gasteiger partial charge in [0.05, 0.1) is 5.84 Å². The van der Waals surface area contributed by atoms with Crippen LogP contribution in [0, 0.1) is 5.41 Å². The van der Waals surface area contributed by atoms with Gasteiger partial charge in [-0.1, -0.05) is 31.2 Å². The van der Waals surface area contributed by atoms with E-state index in [2.05, 4.69) is 50.1 Å². The normalized spacial score (nSPS) is 12.7. The fraction of sp³-hybridized carbons (Fsp3) is 0.500. The van der Waals surface area contributed by atoms with Crippen molar-refractivity contribution in [2.24, 2.45) is 5.73 Å². The molecule has 0 aliphatic heterocycles. The molecule has 1 aromatic carbocycles. The highest BCUT2D eigenvalue weighted by Gasteiger charge is 2.10. The number of aryl methyl sites for hydroxylation is 1. The van der Waals surface area contributed by atoms with Crippen molar-refractivity contribution in [3.63, 3.8) is 0 Å². The largest absolute Gasteiger partial charge is 0.388 e. The minimum Gasteiger partial charge on any atom is -0.388 e. The summed E-state index contributed by atoms with van der Waals surface area (Å²) in [6, 6.07) is 9.02. The summed E-state index contributed by atoms with van der Waals surface area (Å²) in [7, 11) is 2.07. The van der Waals surface area contributed by atoms with E-state index in [4.69, 9.17) is 11.1 Å². The second kappa shape index (κ2) is 6.40. The van der Waals surface area contributed by atoms with Crippen molar-refractivity contribution in [1.29, 1.82) is 5.41 Å². The summed E-state index contributed by atoms with van der Waals surface area (Å²) in [6.45, 7) is 5.16. The number of hydrogen-bond donors (Lipinski definition) is 2. The Balaban J connectivity index is 2.54. The summed E-state index contributed by atoms with van der Waals surface area (Å²) >= 11 is 0. The molecule has 1 atom stereocenters. The Kier molecular flexibility index (Phi) is 5.16. The molecule has 0 fully saturated rings. The Hall–Kier alpha value is -1.35. The molecule has 0 aliphatic carbocycles. The number of nitrogens with zero attached hydrogens (tertiary/aromatic N) is 1. The fourth-order valence-electron chi connectivity index (χ4n) is 1.80. The number of amidine groups is 1. The summed E-state index contributed by atoms with van der Waals surface area (Å²) in [5.74, 6) is 0.255. The number of nitrogens with one attached hydrogen (secondary N) is 1.